The molecule has 38 heavy (non-hydrogen) atoms. The predicted octanol–water partition coefficient (Wildman–Crippen LogP) is 5.40. The van der Waals surface area contributed by atoms with Crippen LogP contribution in [0.2, 0.25) is 5.15 Å². The molecule has 2 aromatic carbocycles. The molecular formula is C29H24ClN5O3. The lowest BCUT2D eigenvalue weighted by Crippen LogP contribution is -2.36. The summed E-state index contributed by atoms with van der Waals surface area (Å²) in [6, 6.07) is 21.1. The van der Waals surface area contributed by atoms with Crippen molar-refractivity contribution in [3.8, 4) is 11.3 Å². The van der Waals surface area contributed by atoms with Crippen LogP contribution in [0.3, 0.4) is 0 Å². The molecule has 1 aliphatic carbocycles. The summed E-state index contributed by atoms with van der Waals surface area (Å²) in [6.45, 7) is 2.77. The van der Waals surface area contributed by atoms with E-state index in [2.05, 4.69) is 28.2 Å². The number of benzene rings is 2. The summed E-state index contributed by atoms with van der Waals surface area (Å²) in [5.41, 5.74) is 6.53. The van der Waals surface area contributed by atoms with Gasteiger partial charge in [-0.3, -0.25) is 4.98 Å². The summed E-state index contributed by atoms with van der Waals surface area (Å²) in [5, 5.41) is 15.6. The number of anilines is 1. The molecule has 1 N–H and O–H groups in total. The van der Waals surface area contributed by atoms with Crippen molar-refractivity contribution in [1.82, 2.24) is 19.6 Å². The first kappa shape index (κ1) is 23.1. The Labute approximate surface area is 223 Å². The lowest BCUT2D eigenvalue weighted by Gasteiger charge is -2.28. The van der Waals surface area contributed by atoms with E-state index >= 15 is 0 Å². The number of ether oxygens (including phenoxy) is 1. The van der Waals surface area contributed by atoms with Crippen molar-refractivity contribution in [2.45, 2.75) is 18.3 Å². The van der Waals surface area contributed by atoms with Crippen molar-refractivity contribution in [2.24, 2.45) is 0 Å². The minimum atomic E-state index is -0.963. The third kappa shape index (κ3) is 3.97. The van der Waals surface area contributed by atoms with Gasteiger partial charge in [0, 0.05) is 47.6 Å². The SMILES string of the molecule is O=C(O)c1ccc(-c2c([C@@H]3C[C@H]3c3ccc4ccccc4n3)nc3c(N4CCOCC4)cc(Cl)nn23)cc1. The number of carboxylic acid groups (broad SMARTS) is 1. The van der Waals surface area contributed by atoms with Crippen LogP contribution < -0.4 is 4.90 Å². The van der Waals surface area contributed by atoms with Crippen molar-refractivity contribution in [2.75, 3.05) is 31.2 Å². The molecule has 0 spiro atoms. The number of carbonyl (C=O) groups is 1. The van der Waals surface area contributed by atoms with Crippen molar-refractivity contribution in [3.63, 3.8) is 0 Å². The second-order valence-corrected chi connectivity index (χ2v) is 10.2. The molecule has 0 bridgehead atoms. The van der Waals surface area contributed by atoms with Crippen LogP contribution >= 0.6 is 11.6 Å². The number of imidazole rings is 1. The van der Waals surface area contributed by atoms with Crippen LogP contribution in [0.15, 0.2) is 66.7 Å². The number of morpholine rings is 1. The molecule has 3 aromatic heterocycles. The first-order valence-electron chi connectivity index (χ1n) is 12.7. The molecule has 190 valence electrons. The van der Waals surface area contributed by atoms with E-state index < -0.39 is 5.97 Å². The molecule has 1 saturated heterocycles. The van der Waals surface area contributed by atoms with E-state index in [1.165, 1.54) is 0 Å². The number of hydrogen-bond donors (Lipinski definition) is 1. The Morgan fingerprint density at radius 1 is 0.974 bits per heavy atom. The summed E-state index contributed by atoms with van der Waals surface area (Å²) in [7, 11) is 0. The summed E-state index contributed by atoms with van der Waals surface area (Å²) >= 11 is 6.55. The highest BCUT2D eigenvalue weighted by atomic mass is 35.5. The van der Waals surface area contributed by atoms with Crippen LogP contribution in [0.5, 0.6) is 0 Å². The van der Waals surface area contributed by atoms with Crippen LogP contribution in [0.4, 0.5) is 5.69 Å². The Morgan fingerprint density at radius 3 is 2.55 bits per heavy atom. The van der Waals surface area contributed by atoms with E-state index in [0.29, 0.717) is 18.4 Å². The third-order valence-electron chi connectivity index (χ3n) is 7.46. The van der Waals surface area contributed by atoms with Crippen molar-refractivity contribution in [1.29, 1.82) is 0 Å². The molecule has 9 heteroatoms. The Morgan fingerprint density at radius 2 is 1.76 bits per heavy atom. The molecule has 1 saturated carbocycles. The van der Waals surface area contributed by atoms with E-state index in [4.69, 9.17) is 26.3 Å². The number of rotatable bonds is 5. The van der Waals surface area contributed by atoms with Gasteiger partial charge < -0.3 is 14.7 Å². The maximum Gasteiger partial charge on any atom is 0.335 e. The van der Waals surface area contributed by atoms with Crippen molar-refractivity contribution < 1.29 is 14.6 Å². The lowest BCUT2D eigenvalue weighted by atomic mass is 10.0. The summed E-state index contributed by atoms with van der Waals surface area (Å²) in [5.74, 6) is -0.560. The minimum Gasteiger partial charge on any atom is -0.478 e. The number of para-hydroxylation sites is 1. The number of aromatic nitrogens is 4. The Kier molecular flexibility index (Phi) is 5.52. The van der Waals surface area contributed by atoms with Crippen LogP contribution in [0.25, 0.3) is 27.8 Å². The molecule has 0 radical (unpaired) electrons. The molecule has 2 fully saturated rings. The highest BCUT2D eigenvalue weighted by Crippen LogP contribution is 2.56. The normalized spacial score (nSPS) is 19.2. The zero-order valence-corrected chi connectivity index (χ0v) is 21.2. The second kappa shape index (κ2) is 9.08. The average molecular weight is 526 g/mol. The average Bonchev–Trinajstić information content (AvgIpc) is 3.66. The fraction of sp³-hybridized carbons (Fsp3) is 0.241. The van der Waals surface area contributed by atoms with Crippen LogP contribution in [0.1, 0.15) is 40.0 Å². The van der Waals surface area contributed by atoms with Gasteiger partial charge in [-0.15, -0.1) is 0 Å². The summed E-state index contributed by atoms with van der Waals surface area (Å²) in [6.07, 6.45) is 0.927. The Hall–Kier alpha value is -4.01. The second-order valence-electron chi connectivity index (χ2n) is 9.79. The van der Waals surface area contributed by atoms with Gasteiger partial charge in [0.2, 0.25) is 0 Å². The molecule has 5 aromatic rings. The number of halogens is 1. The van der Waals surface area contributed by atoms with Gasteiger partial charge in [-0.25, -0.2) is 14.3 Å². The quantitative estimate of drug-likeness (QED) is 0.328. The molecule has 1 aliphatic heterocycles. The van der Waals surface area contributed by atoms with Crippen molar-refractivity contribution in [3.05, 3.63) is 88.8 Å². The lowest BCUT2D eigenvalue weighted by molar-refractivity contribution is 0.0697. The molecule has 2 aliphatic rings. The van der Waals surface area contributed by atoms with Crippen LogP contribution in [0, 0.1) is 0 Å². The Balaban J connectivity index is 1.37. The fourth-order valence-electron chi connectivity index (χ4n) is 5.44. The molecular weight excluding hydrogens is 502 g/mol. The maximum atomic E-state index is 11.5. The van der Waals surface area contributed by atoms with Gasteiger partial charge >= 0.3 is 5.97 Å². The van der Waals surface area contributed by atoms with E-state index in [9.17, 15) is 9.90 Å². The van der Waals surface area contributed by atoms with Gasteiger partial charge in [-0.1, -0.05) is 48.0 Å². The molecule has 2 atom stereocenters. The fourth-order valence-corrected chi connectivity index (χ4v) is 5.62. The van der Waals surface area contributed by atoms with Gasteiger partial charge in [0.25, 0.3) is 0 Å². The van der Waals surface area contributed by atoms with Crippen molar-refractivity contribution >= 4 is 39.8 Å². The number of carboxylic acids is 1. The first-order valence-corrected chi connectivity index (χ1v) is 13.1. The smallest absolute Gasteiger partial charge is 0.335 e. The standard InChI is InChI=1S/C29H24ClN5O3/c30-25-16-24(34-11-13-38-14-12-34)28-32-26(27(35(28)33-25)18-5-7-19(8-6-18)29(36)37)21-15-20(21)23-10-9-17-3-1-2-4-22(17)31-23/h1-10,16,20-21H,11-15H2,(H,36,37)/t20-,21-/m1/s1. The van der Waals surface area contributed by atoms with E-state index in [-0.39, 0.29) is 17.4 Å². The summed E-state index contributed by atoms with van der Waals surface area (Å²) in [4.78, 5) is 23.8. The molecule has 8 nitrogen and oxygen atoms in total. The number of hydrogen-bond acceptors (Lipinski definition) is 6. The minimum absolute atomic E-state index is 0.163. The number of nitrogens with zero attached hydrogens (tertiary/aromatic N) is 5. The number of fused-ring (bicyclic) bond motifs is 2. The predicted molar refractivity (Wildman–Crippen MR) is 145 cm³/mol. The highest BCUT2D eigenvalue weighted by Gasteiger charge is 2.44. The largest absolute Gasteiger partial charge is 0.478 e. The van der Waals surface area contributed by atoms with Crippen LogP contribution in [-0.4, -0.2) is 57.0 Å². The Bertz CT molecular complexity index is 1690. The number of aromatic carboxylic acids is 1. The van der Waals surface area contributed by atoms with Gasteiger partial charge in [-0.2, -0.15) is 5.10 Å². The van der Waals surface area contributed by atoms with Gasteiger partial charge in [0.15, 0.2) is 10.8 Å². The molecule has 4 heterocycles. The molecule has 7 rings (SSSR count). The van der Waals surface area contributed by atoms with Crippen LogP contribution in [-0.2, 0) is 4.74 Å². The third-order valence-corrected chi connectivity index (χ3v) is 7.65. The monoisotopic (exact) mass is 525 g/mol. The first-order chi connectivity index (χ1) is 18.6. The van der Waals surface area contributed by atoms with E-state index in [1.54, 1.807) is 12.1 Å². The zero-order valence-electron chi connectivity index (χ0n) is 20.4. The maximum absolute atomic E-state index is 11.5. The summed E-state index contributed by atoms with van der Waals surface area (Å²) < 4.78 is 7.38. The molecule has 0 unspecified atom stereocenters. The zero-order chi connectivity index (χ0) is 25.8. The van der Waals surface area contributed by atoms with E-state index in [0.717, 1.165) is 64.4 Å². The van der Waals surface area contributed by atoms with Gasteiger partial charge in [0.1, 0.15) is 0 Å². The topological polar surface area (TPSA) is 92.8 Å². The van der Waals surface area contributed by atoms with Gasteiger partial charge in [0.05, 0.1) is 41.4 Å². The van der Waals surface area contributed by atoms with E-state index in [1.807, 2.05) is 40.9 Å². The molecule has 0 amide bonds. The highest BCUT2D eigenvalue weighted by molar-refractivity contribution is 6.29. The van der Waals surface area contributed by atoms with Gasteiger partial charge in [-0.05, 0) is 30.7 Å². The number of pyridine rings is 1.